The summed E-state index contributed by atoms with van der Waals surface area (Å²) >= 11 is 0. The van der Waals surface area contributed by atoms with Gasteiger partial charge in [-0.1, -0.05) is 24.3 Å². The van der Waals surface area contributed by atoms with Crippen LogP contribution in [0.15, 0.2) is 48.5 Å². The lowest BCUT2D eigenvalue weighted by molar-refractivity contribution is -0.134. The van der Waals surface area contributed by atoms with Gasteiger partial charge in [-0.15, -0.1) is 0 Å². The maximum absolute atomic E-state index is 13.2. The van der Waals surface area contributed by atoms with Crippen molar-refractivity contribution < 1.29 is 19.1 Å². The number of nitrogens with zero attached hydrogens (tertiary/aromatic N) is 1. The number of rotatable bonds is 2. The molecule has 3 aliphatic carbocycles. The van der Waals surface area contributed by atoms with E-state index in [1.807, 2.05) is 24.3 Å². The predicted molar refractivity (Wildman–Crippen MR) is 94.0 cm³/mol. The number of anilines is 1. The highest BCUT2D eigenvalue weighted by molar-refractivity contribution is 6.24. The van der Waals surface area contributed by atoms with Gasteiger partial charge in [-0.25, -0.2) is 0 Å². The van der Waals surface area contributed by atoms with E-state index in [-0.39, 0.29) is 23.5 Å². The molecular weight excluding hydrogens is 330 g/mol. The summed E-state index contributed by atoms with van der Waals surface area (Å²) in [6, 6.07) is 14.6. The molecular formula is C21H17NO4. The van der Waals surface area contributed by atoms with Gasteiger partial charge >= 0.3 is 0 Å². The smallest absolute Gasteiger partial charge is 0.238 e. The molecule has 1 saturated carbocycles. The van der Waals surface area contributed by atoms with Crippen molar-refractivity contribution in [2.75, 3.05) is 12.0 Å². The van der Waals surface area contributed by atoms with Crippen LogP contribution in [-0.2, 0) is 14.4 Å². The number of hydrogen-bond donors (Lipinski definition) is 0. The third-order valence-electron chi connectivity index (χ3n) is 6.02. The monoisotopic (exact) mass is 347 g/mol. The average Bonchev–Trinajstić information content (AvgIpc) is 2.94. The van der Waals surface area contributed by atoms with Crippen molar-refractivity contribution in [2.24, 2.45) is 11.8 Å². The van der Waals surface area contributed by atoms with Gasteiger partial charge in [-0.05, 0) is 35.4 Å². The second kappa shape index (κ2) is 5.27. The van der Waals surface area contributed by atoms with Gasteiger partial charge in [0.2, 0.25) is 11.8 Å². The Labute approximate surface area is 150 Å². The second-order valence-electron chi connectivity index (χ2n) is 7.14. The van der Waals surface area contributed by atoms with Crippen molar-refractivity contribution >= 4 is 23.3 Å². The first kappa shape index (κ1) is 15.3. The van der Waals surface area contributed by atoms with Crippen LogP contribution in [-0.4, -0.2) is 24.7 Å². The van der Waals surface area contributed by atoms with E-state index in [0.717, 1.165) is 11.1 Å². The number of methoxy groups -OCH3 is 1. The summed E-state index contributed by atoms with van der Waals surface area (Å²) < 4.78 is 5.15. The highest BCUT2D eigenvalue weighted by Crippen LogP contribution is 2.57. The molecule has 0 N–H and O–H groups in total. The molecule has 4 atom stereocenters. The van der Waals surface area contributed by atoms with Crippen LogP contribution in [0, 0.1) is 11.8 Å². The van der Waals surface area contributed by atoms with Crippen LogP contribution in [0.1, 0.15) is 29.4 Å². The molecule has 2 fully saturated rings. The maximum Gasteiger partial charge on any atom is 0.238 e. The number of benzene rings is 2. The van der Waals surface area contributed by atoms with E-state index in [9.17, 15) is 14.4 Å². The number of carbonyl (C=O) groups is 3. The van der Waals surface area contributed by atoms with E-state index in [1.54, 1.807) is 31.4 Å². The Morgan fingerprint density at radius 1 is 0.885 bits per heavy atom. The van der Waals surface area contributed by atoms with Gasteiger partial charge in [0, 0.05) is 12.3 Å². The van der Waals surface area contributed by atoms with Gasteiger partial charge in [0.15, 0.2) is 0 Å². The maximum atomic E-state index is 13.2. The molecule has 5 nitrogen and oxygen atoms in total. The predicted octanol–water partition coefficient (Wildman–Crippen LogP) is 2.65. The molecule has 130 valence electrons. The largest absolute Gasteiger partial charge is 0.497 e. The molecule has 0 aromatic heterocycles. The standard InChI is InChI=1S/C21H17NO4/c1-26-12-8-6-11(7-9-12)22-20(24)18-15-10-16(23)17(19(18)21(22)25)14-5-3-2-4-13(14)15/h2-9,15,17-19H,10H2,1H3. The Kier molecular flexibility index (Phi) is 3.11. The lowest BCUT2D eigenvalue weighted by Gasteiger charge is -2.43. The minimum absolute atomic E-state index is 0.0766. The summed E-state index contributed by atoms with van der Waals surface area (Å²) in [6.45, 7) is 0. The van der Waals surface area contributed by atoms with Crippen molar-refractivity contribution in [3.63, 3.8) is 0 Å². The lowest BCUT2D eigenvalue weighted by Crippen LogP contribution is -2.44. The SMILES string of the molecule is COc1ccc(N2C(=O)C3C4CC(=O)C(c5ccccc54)C3C2=O)cc1. The van der Waals surface area contributed by atoms with Crippen molar-refractivity contribution in [1.82, 2.24) is 0 Å². The normalized spacial score (nSPS) is 29.0. The zero-order valence-electron chi connectivity index (χ0n) is 14.2. The average molecular weight is 347 g/mol. The van der Waals surface area contributed by atoms with Crippen molar-refractivity contribution in [2.45, 2.75) is 18.3 Å². The van der Waals surface area contributed by atoms with Crippen molar-refractivity contribution in [1.29, 1.82) is 0 Å². The van der Waals surface area contributed by atoms with Crippen LogP contribution in [0.4, 0.5) is 5.69 Å². The van der Waals surface area contributed by atoms with E-state index >= 15 is 0 Å². The van der Waals surface area contributed by atoms with Crippen LogP contribution in [0.25, 0.3) is 0 Å². The molecule has 4 unspecified atom stereocenters. The van der Waals surface area contributed by atoms with Crippen molar-refractivity contribution in [3.05, 3.63) is 59.7 Å². The molecule has 1 saturated heterocycles. The Morgan fingerprint density at radius 2 is 1.54 bits per heavy atom. The highest BCUT2D eigenvalue weighted by Gasteiger charge is 2.62. The zero-order valence-corrected chi connectivity index (χ0v) is 14.2. The summed E-state index contributed by atoms with van der Waals surface area (Å²) in [5, 5.41) is 0. The third kappa shape index (κ3) is 1.83. The Bertz CT molecular complexity index is 949. The molecule has 6 rings (SSSR count). The molecule has 0 radical (unpaired) electrons. The number of ether oxygens (including phenoxy) is 1. The highest BCUT2D eigenvalue weighted by atomic mass is 16.5. The van der Waals surface area contributed by atoms with E-state index in [0.29, 0.717) is 17.9 Å². The zero-order chi connectivity index (χ0) is 18.0. The Morgan fingerprint density at radius 3 is 2.23 bits per heavy atom. The molecule has 0 spiro atoms. The van der Waals surface area contributed by atoms with E-state index in [1.165, 1.54) is 4.90 Å². The fourth-order valence-electron chi connectivity index (χ4n) is 4.95. The first-order chi connectivity index (χ1) is 12.6. The molecule has 26 heavy (non-hydrogen) atoms. The number of amides is 2. The topological polar surface area (TPSA) is 63.7 Å². The van der Waals surface area contributed by atoms with Gasteiger partial charge in [-0.2, -0.15) is 0 Å². The third-order valence-corrected chi connectivity index (χ3v) is 6.02. The Hall–Kier alpha value is -2.95. The number of Topliss-reactive ketones (excluding diaryl/α,β-unsaturated/α-hetero) is 1. The summed E-state index contributed by atoms with van der Waals surface area (Å²) in [5.74, 6) is -1.44. The van der Waals surface area contributed by atoms with Gasteiger partial charge in [-0.3, -0.25) is 19.3 Å². The fraction of sp³-hybridized carbons (Fsp3) is 0.286. The van der Waals surface area contributed by atoms with Crippen LogP contribution in [0.2, 0.25) is 0 Å². The number of ketones is 1. The number of hydrogen-bond acceptors (Lipinski definition) is 4. The van der Waals surface area contributed by atoms with E-state index in [2.05, 4.69) is 0 Å². The van der Waals surface area contributed by atoms with Crippen LogP contribution < -0.4 is 9.64 Å². The van der Waals surface area contributed by atoms with Crippen LogP contribution in [0.3, 0.4) is 0 Å². The van der Waals surface area contributed by atoms with Crippen LogP contribution >= 0.6 is 0 Å². The lowest BCUT2D eigenvalue weighted by atomic mass is 9.56. The summed E-state index contributed by atoms with van der Waals surface area (Å²) in [7, 11) is 1.57. The molecule has 5 heteroatoms. The van der Waals surface area contributed by atoms with Gasteiger partial charge in [0.25, 0.3) is 0 Å². The molecule has 2 aromatic rings. The summed E-state index contributed by atoms with van der Waals surface area (Å²) in [5.41, 5.74) is 2.51. The van der Waals surface area contributed by atoms with Gasteiger partial charge in [0.05, 0.1) is 30.6 Å². The minimum Gasteiger partial charge on any atom is -0.497 e. The van der Waals surface area contributed by atoms with Crippen molar-refractivity contribution in [3.8, 4) is 5.75 Å². The summed E-state index contributed by atoms with van der Waals surface area (Å²) in [4.78, 5) is 40.3. The van der Waals surface area contributed by atoms with Crippen LogP contribution in [0.5, 0.6) is 5.75 Å². The van der Waals surface area contributed by atoms with E-state index < -0.39 is 17.8 Å². The first-order valence-corrected chi connectivity index (χ1v) is 8.75. The second-order valence-corrected chi connectivity index (χ2v) is 7.14. The van der Waals surface area contributed by atoms with Gasteiger partial charge < -0.3 is 4.74 Å². The molecule has 2 bridgehead atoms. The van der Waals surface area contributed by atoms with Gasteiger partial charge in [0.1, 0.15) is 11.5 Å². The number of carbonyl (C=O) groups excluding carboxylic acids is 3. The molecule has 2 amide bonds. The molecule has 2 aromatic carbocycles. The Balaban J connectivity index is 1.61. The molecule has 4 aliphatic rings. The fourth-order valence-corrected chi connectivity index (χ4v) is 4.95. The quantitative estimate of drug-likeness (QED) is 0.784. The van der Waals surface area contributed by atoms with E-state index in [4.69, 9.17) is 4.74 Å². The number of imide groups is 1. The minimum atomic E-state index is -0.578. The first-order valence-electron chi connectivity index (χ1n) is 8.75. The summed E-state index contributed by atoms with van der Waals surface area (Å²) in [6.07, 6.45) is 0.346. The number of fused-ring (bicyclic) bond motifs is 1. The molecule has 1 heterocycles. The molecule has 1 aliphatic heterocycles.